The molecule has 0 spiro atoms. The predicted octanol–water partition coefficient (Wildman–Crippen LogP) is -0.0188. The first-order valence-electron chi connectivity index (χ1n) is 6.74. The molecule has 1 fully saturated rings. The molecule has 0 saturated carbocycles. The second-order valence-electron chi connectivity index (χ2n) is 4.93. The second kappa shape index (κ2) is 7.09. The van der Waals surface area contributed by atoms with Crippen LogP contribution in [0.4, 0.5) is 5.82 Å². The van der Waals surface area contributed by atoms with Gasteiger partial charge in [-0.3, -0.25) is 14.2 Å². The molecule has 23 heavy (non-hydrogen) atoms. The summed E-state index contributed by atoms with van der Waals surface area (Å²) in [4.78, 5) is 37.4. The number of halogens is 1. The number of hydrogen-bond donors (Lipinski definition) is 1. The van der Waals surface area contributed by atoms with Crippen molar-refractivity contribution in [2.45, 2.75) is 37.1 Å². The highest BCUT2D eigenvalue weighted by Gasteiger charge is 2.47. The average Bonchev–Trinajstić information content (AvgIpc) is 2.73. The quantitative estimate of drug-likeness (QED) is 0.562. The first-order valence-corrected chi connectivity index (χ1v) is 7.66. The lowest BCUT2D eigenvalue weighted by Gasteiger charge is -2.21. The molecule has 4 atom stereocenters. The molecule has 10 heteroatoms. The van der Waals surface area contributed by atoms with Gasteiger partial charge in [0.25, 0.3) is 0 Å². The number of nitrogens with two attached hydrogens (primary N) is 1. The Balaban J connectivity index is 2.28. The molecule has 0 amide bonds. The molecule has 1 aromatic heterocycles. The van der Waals surface area contributed by atoms with Crippen LogP contribution in [0.1, 0.15) is 20.1 Å². The molecule has 0 aromatic carbocycles. The Morgan fingerprint density at radius 2 is 2.13 bits per heavy atom. The molecular weight excluding hydrogens is 374 g/mol. The second-order valence-corrected chi connectivity index (χ2v) is 5.99. The molecule has 0 bridgehead atoms. The van der Waals surface area contributed by atoms with Crippen LogP contribution in [-0.2, 0) is 23.8 Å². The van der Waals surface area contributed by atoms with E-state index in [1.165, 1.54) is 30.7 Å². The van der Waals surface area contributed by atoms with E-state index in [4.69, 9.17) is 19.9 Å². The molecule has 9 nitrogen and oxygen atoms in total. The monoisotopic (exact) mass is 389 g/mol. The van der Waals surface area contributed by atoms with Gasteiger partial charge in [0.15, 0.2) is 12.3 Å². The zero-order chi connectivity index (χ0) is 17.1. The van der Waals surface area contributed by atoms with Crippen molar-refractivity contribution in [3.8, 4) is 0 Å². The molecule has 1 aliphatic rings. The number of aromatic nitrogens is 2. The largest absolute Gasteiger partial charge is 0.463 e. The Morgan fingerprint density at radius 3 is 2.70 bits per heavy atom. The van der Waals surface area contributed by atoms with Crippen LogP contribution in [0, 0.1) is 0 Å². The summed E-state index contributed by atoms with van der Waals surface area (Å²) >= 11 is 3.37. The van der Waals surface area contributed by atoms with Gasteiger partial charge in [-0.25, -0.2) is 4.79 Å². The van der Waals surface area contributed by atoms with Crippen molar-refractivity contribution in [1.82, 2.24) is 9.55 Å². The number of hydrogen-bond acceptors (Lipinski definition) is 8. The van der Waals surface area contributed by atoms with E-state index in [0.29, 0.717) is 0 Å². The van der Waals surface area contributed by atoms with Crippen molar-refractivity contribution >= 4 is 33.7 Å². The number of nitrogen functional groups attached to an aromatic ring is 1. The van der Waals surface area contributed by atoms with Gasteiger partial charge in [0, 0.05) is 20.0 Å². The SMILES string of the molecule is CC(=O)OC[C@H]1O[C@@H](n2ccc(N)nc2=O)[C@H](OC(C)=O)[C@H]1Br. The fourth-order valence-electron chi connectivity index (χ4n) is 2.19. The number of nitrogens with zero attached hydrogens (tertiary/aromatic N) is 2. The molecule has 126 valence electrons. The van der Waals surface area contributed by atoms with Gasteiger partial charge in [0.1, 0.15) is 18.5 Å². The van der Waals surface area contributed by atoms with Crippen LogP contribution in [0.2, 0.25) is 0 Å². The van der Waals surface area contributed by atoms with Crippen molar-refractivity contribution in [3.63, 3.8) is 0 Å². The van der Waals surface area contributed by atoms with Gasteiger partial charge in [-0.1, -0.05) is 15.9 Å². The van der Waals surface area contributed by atoms with Crippen LogP contribution in [-0.4, -0.2) is 45.1 Å². The number of carbonyl (C=O) groups is 2. The standard InChI is InChI=1S/C13H16BrN3O6/c1-6(18)21-5-8-10(14)11(22-7(2)19)12(23-8)17-4-3-9(15)16-13(17)20/h3-4,8,10-12H,5H2,1-2H3,(H2,15,16,20)/t8-,10+,11-,12-/m1/s1. The number of esters is 2. The summed E-state index contributed by atoms with van der Waals surface area (Å²) < 4.78 is 17.1. The lowest BCUT2D eigenvalue weighted by molar-refractivity contribution is -0.153. The van der Waals surface area contributed by atoms with Crippen LogP contribution in [0.25, 0.3) is 0 Å². The van der Waals surface area contributed by atoms with Crippen molar-refractivity contribution in [2.24, 2.45) is 0 Å². The van der Waals surface area contributed by atoms with Gasteiger partial charge in [-0.15, -0.1) is 0 Å². The highest BCUT2D eigenvalue weighted by Crippen LogP contribution is 2.35. The van der Waals surface area contributed by atoms with E-state index in [9.17, 15) is 14.4 Å². The summed E-state index contributed by atoms with van der Waals surface area (Å²) in [6, 6.07) is 1.43. The van der Waals surface area contributed by atoms with E-state index in [2.05, 4.69) is 20.9 Å². The first-order chi connectivity index (χ1) is 10.8. The van der Waals surface area contributed by atoms with Crippen molar-refractivity contribution < 1.29 is 23.8 Å². The highest BCUT2D eigenvalue weighted by molar-refractivity contribution is 9.09. The summed E-state index contributed by atoms with van der Waals surface area (Å²) in [6.45, 7) is 2.48. The van der Waals surface area contributed by atoms with E-state index in [1.54, 1.807) is 0 Å². The third kappa shape index (κ3) is 4.08. The van der Waals surface area contributed by atoms with E-state index in [-0.39, 0.29) is 12.4 Å². The minimum Gasteiger partial charge on any atom is -0.463 e. The summed E-state index contributed by atoms with van der Waals surface area (Å²) in [5.74, 6) is -0.926. The van der Waals surface area contributed by atoms with Gasteiger partial charge in [0.05, 0.1) is 4.83 Å². The van der Waals surface area contributed by atoms with E-state index in [0.717, 1.165) is 0 Å². The molecule has 2 heterocycles. The van der Waals surface area contributed by atoms with Crippen LogP contribution in [0.5, 0.6) is 0 Å². The van der Waals surface area contributed by atoms with Crippen LogP contribution < -0.4 is 11.4 Å². The summed E-state index contributed by atoms with van der Waals surface area (Å²) in [7, 11) is 0. The maximum atomic E-state index is 12.0. The number of anilines is 1. The van der Waals surface area contributed by atoms with Gasteiger partial charge in [-0.05, 0) is 6.07 Å². The minimum atomic E-state index is -0.913. The minimum absolute atomic E-state index is 0.0450. The maximum absolute atomic E-state index is 12.0. The van der Waals surface area contributed by atoms with E-state index < -0.39 is 40.9 Å². The summed E-state index contributed by atoms with van der Waals surface area (Å²) in [6.07, 6.45) is -0.905. The molecule has 0 radical (unpaired) electrons. The van der Waals surface area contributed by atoms with Gasteiger partial charge < -0.3 is 19.9 Å². The average molecular weight is 390 g/mol. The van der Waals surface area contributed by atoms with Gasteiger partial charge in [-0.2, -0.15) is 4.98 Å². The lowest BCUT2D eigenvalue weighted by Crippen LogP contribution is -2.36. The van der Waals surface area contributed by atoms with Gasteiger partial charge in [0.2, 0.25) is 0 Å². The lowest BCUT2D eigenvalue weighted by atomic mass is 10.2. The van der Waals surface area contributed by atoms with Crippen molar-refractivity contribution in [1.29, 1.82) is 0 Å². The Bertz CT molecular complexity index is 663. The molecule has 0 unspecified atom stereocenters. The highest BCUT2D eigenvalue weighted by atomic mass is 79.9. The summed E-state index contributed by atoms with van der Waals surface area (Å²) in [5, 5.41) is 0. The fourth-order valence-corrected chi connectivity index (χ4v) is 2.84. The smallest absolute Gasteiger partial charge is 0.351 e. The molecular formula is C13H16BrN3O6. The molecule has 1 saturated heterocycles. The first kappa shape index (κ1) is 17.4. The third-order valence-electron chi connectivity index (χ3n) is 3.14. The molecule has 0 aliphatic carbocycles. The number of alkyl halides is 1. The number of ether oxygens (including phenoxy) is 3. The van der Waals surface area contributed by atoms with Crippen LogP contribution >= 0.6 is 15.9 Å². The zero-order valence-corrected chi connectivity index (χ0v) is 14.1. The topological polar surface area (TPSA) is 123 Å². The Kier molecular flexibility index (Phi) is 5.37. The van der Waals surface area contributed by atoms with Crippen molar-refractivity contribution in [2.75, 3.05) is 12.3 Å². The molecule has 1 aromatic rings. The normalized spacial score (nSPS) is 26.7. The Labute approximate surface area is 139 Å². The van der Waals surface area contributed by atoms with E-state index in [1.807, 2.05) is 0 Å². The third-order valence-corrected chi connectivity index (χ3v) is 4.25. The zero-order valence-electron chi connectivity index (χ0n) is 12.5. The van der Waals surface area contributed by atoms with Crippen LogP contribution in [0.15, 0.2) is 17.1 Å². The Hall–Kier alpha value is -1.94. The van der Waals surface area contributed by atoms with E-state index >= 15 is 0 Å². The van der Waals surface area contributed by atoms with Crippen LogP contribution in [0.3, 0.4) is 0 Å². The maximum Gasteiger partial charge on any atom is 0.351 e. The Morgan fingerprint density at radius 1 is 1.43 bits per heavy atom. The molecule has 2 rings (SSSR count). The molecule has 2 N–H and O–H groups in total. The van der Waals surface area contributed by atoms with Crippen molar-refractivity contribution in [3.05, 3.63) is 22.7 Å². The number of carbonyl (C=O) groups excluding carboxylic acids is 2. The predicted molar refractivity (Wildman–Crippen MR) is 81.7 cm³/mol. The van der Waals surface area contributed by atoms with Gasteiger partial charge >= 0.3 is 17.6 Å². The number of rotatable bonds is 4. The summed E-state index contributed by atoms with van der Waals surface area (Å²) in [5.41, 5.74) is 4.82. The fraction of sp³-hybridized carbons (Fsp3) is 0.538. The molecule has 1 aliphatic heterocycles.